The van der Waals surface area contributed by atoms with E-state index in [1.165, 1.54) is 18.8 Å². The number of aromatic nitrogens is 3. The molecule has 8 nitrogen and oxygen atoms in total. The van der Waals surface area contributed by atoms with Crippen molar-refractivity contribution >= 4 is 23.7 Å². The molecule has 1 atom stereocenters. The van der Waals surface area contributed by atoms with Crippen molar-refractivity contribution in [3.8, 4) is 17.1 Å². The summed E-state index contributed by atoms with van der Waals surface area (Å²) in [6.07, 6.45) is 0. The number of nitrogens with one attached hydrogen (secondary N) is 2. The van der Waals surface area contributed by atoms with Gasteiger partial charge in [0.2, 0.25) is 5.91 Å². The third-order valence-corrected chi connectivity index (χ3v) is 5.50. The van der Waals surface area contributed by atoms with Crippen LogP contribution in [0.2, 0.25) is 0 Å². The van der Waals surface area contributed by atoms with Crippen LogP contribution >= 0.6 is 11.8 Å². The number of para-hydroxylation sites is 1. The van der Waals surface area contributed by atoms with Crippen molar-refractivity contribution < 1.29 is 14.3 Å². The Hall–Kier alpha value is -3.33. The van der Waals surface area contributed by atoms with E-state index in [1.54, 1.807) is 11.7 Å². The van der Waals surface area contributed by atoms with E-state index in [1.807, 2.05) is 61.6 Å². The third kappa shape index (κ3) is 4.57. The van der Waals surface area contributed by atoms with Crippen LogP contribution in [-0.2, 0) is 11.8 Å². The zero-order chi connectivity index (χ0) is 20.8. The number of rotatable bonds is 6. The molecule has 0 radical (unpaired) electrons. The fraction of sp³-hybridized carbons (Fsp3) is 0.200. The SMILES string of the molecule is CNC(=O)NC(=O)[C@H](Sc1nnc(-c2ccccc2OC)n1C)c1ccccc1. The number of carbonyl (C=O) groups is 2. The van der Waals surface area contributed by atoms with Crippen molar-refractivity contribution in [2.45, 2.75) is 10.4 Å². The lowest BCUT2D eigenvalue weighted by Crippen LogP contribution is -2.39. The van der Waals surface area contributed by atoms with Crippen LogP contribution in [0, 0.1) is 0 Å². The molecule has 3 aromatic rings. The number of urea groups is 1. The number of nitrogens with zero attached hydrogens (tertiary/aromatic N) is 3. The van der Waals surface area contributed by atoms with Gasteiger partial charge < -0.3 is 14.6 Å². The van der Waals surface area contributed by atoms with Gasteiger partial charge in [-0.15, -0.1) is 10.2 Å². The van der Waals surface area contributed by atoms with E-state index in [0.717, 1.165) is 11.1 Å². The monoisotopic (exact) mass is 411 g/mol. The number of thioether (sulfide) groups is 1. The van der Waals surface area contributed by atoms with Gasteiger partial charge in [0.15, 0.2) is 11.0 Å². The molecule has 0 saturated heterocycles. The van der Waals surface area contributed by atoms with Gasteiger partial charge >= 0.3 is 6.03 Å². The maximum Gasteiger partial charge on any atom is 0.321 e. The van der Waals surface area contributed by atoms with Crippen LogP contribution in [0.15, 0.2) is 59.8 Å². The molecule has 150 valence electrons. The van der Waals surface area contributed by atoms with Gasteiger partial charge in [0.05, 0.1) is 12.7 Å². The second-order valence-corrected chi connectivity index (χ2v) is 7.11. The highest BCUT2D eigenvalue weighted by molar-refractivity contribution is 8.00. The predicted molar refractivity (Wildman–Crippen MR) is 111 cm³/mol. The van der Waals surface area contributed by atoms with Crippen LogP contribution in [0.5, 0.6) is 5.75 Å². The van der Waals surface area contributed by atoms with E-state index in [2.05, 4.69) is 20.8 Å². The molecule has 2 aromatic carbocycles. The molecular formula is C20H21N5O3S. The summed E-state index contributed by atoms with van der Waals surface area (Å²) >= 11 is 1.21. The Kier molecular flexibility index (Phi) is 6.50. The average molecular weight is 411 g/mol. The highest BCUT2D eigenvalue weighted by Gasteiger charge is 2.26. The molecule has 0 aliphatic carbocycles. The van der Waals surface area contributed by atoms with E-state index in [0.29, 0.717) is 16.7 Å². The van der Waals surface area contributed by atoms with E-state index in [9.17, 15) is 9.59 Å². The lowest BCUT2D eigenvalue weighted by atomic mass is 10.1. The number of carbonyl (C=O) groups excluding carboxylic acids is 2. The second-order valence-electron chi connectivity index (χ2n) is 6.04. The predicted octanol–water partition coefficient (Wildman–Crippen LogP) is 2.78. The molecule has 0 aliphatic heterocycles. The van der Waals surface area contributed by atoms with Gasteiger partial charge in [-0.05, 0) is 17.7 Å². The lowest BCUT2D eigenvalue weighted by Gasteiger charge is -2.16. The van der Waals surface area contributed by atoms with E-state index in [4.69, 9.17) is 4.74 Å². The standard InChI is InChI=1S/C20H21N5O3S/c1-21-19(27)22-18(26)16(13-9-5-4-6-10-13)29-20-24-23-17(25(20)2)14-11-7-8-12-15(14)28-3/h4-12,16H,1-3H3,(H2,21,22,26,27)/t16-/m1/s1. The summed E-state index contributed by atoms with van der Waals surface area (Å²) in [7, 11) is 4.87. The molecule has 0 spiro atoms. The smallest absolute Gasteiger partial charge is 0.321 e. The summed E-state index contributed by atoms with van der Waals surface area (Å²) in [4.78, 5) is 24.4. The second kappa shape index (κ2) is 9.24. The van der Waals surface area contributed by atoms with Gasteiger partial charge in [0.1, 0.15) is 11.0 Å². The first-order valence-electron chi connectivity index (χ1n) is 8.82. The van der Waals surface area contributed by atoms with Crippen LogP contribution in [-0.4, -0.2) is 40.9 Å². The number of amides is 3. The molecule has 3 amide bonds. The largest absolute Gasteiger partial charge is 0.496 e. The molecule has 1 heterocycles. The van der Waals surface area contributed by atoms with Gasteiger partial charge in [-0.2, -0.15) is 0 Å². The van der Waals surface area contributed by atoms with Crippen LogP contribution in [0.25, 0.3) is 11.4 Å². The van der Waals surface area contributed by atoms with Gasteiger partial charge in [-0.1, -0.05) is 54.2 Å². The van der Waals surface area contributed by atoms with Gasteiger partial charge in [0, 0.05) is 14.1 Å². The van der Waals surface area contributed by atoms with Crippen LogP contribution in [0.4, 0.5) is 4.79 Å². The van der Waals surface area contributed by atoms with E-state index < -0.39 is 17.2 Å². The van der Waals surface area contributed by atoms with Gasteiger partial charge in [-0.3, -0.25) is 10.1 Å². The third-order valence-electron chi connectivity index (χ3n) is 4.21. The molecule has 2 N–H and O–H groups in total. The maximum atomic E-state index is 12.7. The number of ether oxygens (including phenoxy) is 1. The van der Waals surface area contributed by atoms with Crippen molar-refractivity contribution in [3.63, 3.8) is 0 Å². The Morgan fingerprint density at radius 3 is 2.45 bits per heavy atom. The molecule has 0 fully saturated rings. The quantitative estimate of drug-likeness (QED) is 0.606. The Morgan fingerprint density at radius 2 is 1.76 bits per heavy atom. The summed E-state index contributed by atoms with van der Waals surface area (Å²) in [6, 6.07) is 16.2. The van der Waals surface area contributed by atoms with Crippen LogP contribution < -0.4 is 15.4 Å². The minimum Gasteiger partial charge on any atom is -0.496 e. The van der Waals surface area contributed by atoms with E-state index >= 15 is 0 Å². The molecule has 9 heteroatoms. The summed E-state index contributed by atoms with van der Waals surface area (Å²) < 4.78 is 7.21. The Morgan fingerprint density at radius 1 is 1.07 bits per heavy atom. The Balaban J connectivity index is 1.93. The highest BCUT2D eigenvalue weighted by Crippen LogP contribution is 2.36. The van der Waals surface area contributed by atoms with Crippen molar-refractivity contribution in [1.29, 1.82) is 0 Å². The summed E-state index contributed by atoms with van der Waals surface area (Å²) in [5, 5.41) is 13.1. The number of imide groups is 1. The lowest BCUT2D eigenvalue weighted by molar-refractivity contribution is -0.119. The first-order valence-corrected chi connectivity index (χ1v) is 9.70. The van der Waals surface area contributed by atoms with E-state index in [-0.39, 0.29) is 0 Å². The Labute approximate surface area is 172 Å². The van der Waals surface area contributed by atoms with Crippen molar-refractivity contribution in [2.24, 2.45) is 7.05 Å². The van der Waals surface area contributed by atoms with Gasteiger partial charge in [-0.25, -0.2) is 4.79 Å². The zero-order valence-corrected chi connectivity index (χ0v) is 17.1. The normalized spacial score (nSPS) is 11.6. The number of hydrogen-bond acceptors (Lipinski definition) is 6. The number of methoxy groups -OCH3 is 1. The first kappa shape index (κ1) is 20.4. The first-order chi connectivity index (χ1) is 14.0. The summed E-state index contributed by atoms with van der Waals surface area (Å²) in [5.74, 6) is 0.849. The molecule has 3 rings (SSSR count). The fourth-order valence-corrected chi connectivity index (χ4v) is 3.73. The summed E-state index contributed by atoms with van der Waals surface area (Å²) in [5.41, 5.74) is 1.55. The molecule has 29 heavy (non-hydrogen) atoms. The topological polar surface area (TPSA) is 98.1 Å². The van der Waals surface area contributed by atoms with Crippen molar-refractivity contribution in [1.82, 2.24) is 25.4 Å². The number of hydrogen-bond donors (Lipinski definition) is 2. The number of benzene rings is 2. The molecule has 0 aliphatic rings. The van der Waals surface area contributed by atoms with Crippen LogP contribution in [0.1, 0.15) is 10.8 Å². The van der Waals surface area contributed by atoms with Crippen molar-refractivity contribution in [2.75, 3.05) is 14.2 Å². The van der Waals surface area contributed by atoms with Crippen LogP contribution in [0.3, 0.4) is 0 Å². The average Bonchev–Trinajstić information content (AvgIpc) is 3.12. The fourth-order valence-electron chi connectivity index (χ4n) is 2.73. The molecule has 0 unspecified atom stereocenters. The highest BCUT2D eigenvalue weighted by atomic mass is 32.2. The molecular weight excluding hydrogens is 390 g/mol. The van der Waals surface area contributed by atoms with Crippen molar-refractivity contribution in [3.05, 3.63) is 60.2 Å². The summed E-state index contributed by atoms with van der Waals surface area (Å²) in [6.45, 7) is 0. The zero-order valence-electron chi connectivity index (χ0n) is 16.2. The molecule has 0 bridgehead atoms. The minimum atomic E-state index is -0.679. The Bertz CT molecular complexity index is 1010. The minimum absolute atomic E-state index is 0.442. The van der Waals surface area contributed by atoms with Gasteiger partial charge in [0.25, 0.3) is 0 Å². The molecule has 0 saturated carbocycles. The molecule has 1 aromatic heterocycles. The maximum absolute atomic E-state index is 12.7.